The minimum atomic E-state index is -3.60. The topological polar surface area (TPSA) is 128 Å². The monoisotopic (exact) mass is 337 g/mol. The summed E-state index contributed by atoms with van der Waals surface area (Å²) < 4.78 is 26.8. The van der Waals surface area contributed by atoms with Crippen molar-refractivity contribution >= 4 is 32.5 Å². The van der Waals surface area contributed by atoms with Gasteiger partial charge < -0.3 is 15.0 Å². The highest BCUT2D eigenvalue weighted by molar-refractivity contribution is 7.90. The van der Waals surface area contributed by atoms with Crippen LogP contribution in [0.3, 0.4) is 0 Å². The molecule has 0 saturated carbocycles. The lowest BCUT2D eigenvalue weighted by molar-refractivity contribution is 0.271. The summed E-state index contributed by atoms with van der Waals surface area (Å²) in [6.45, 7) is 0.0603. The van der Waals surface area contributed by atoms with Gasteiger partial charge in [-0.15, -0.1) is 0 Å². The minimum absolute atomic E-state index is 0.141. The van der Waals surface area contributed by atoms with E-state index in [0.29, 0.717) is 22.7 Å². The first-order chi connectivity index (χ1) is 10.9. The van der Waals surface area contributed by atoms with Crippen LogP contribution in [0.25, 0.3) is 11.0 Å². The number of aryl methyl sites for hydroxylation is 1. The maximum atomic E-state index is 11.8. The molecule has 3 heterocycles. The first-order valence-corrected chi connectivity index (χ1v) is 8.57. The highest BCUT2D eigenvalue weighted by Crippen LogP contribution is 2.24. The average molecular weight is 337 g/mol. The van der Waals surface area contributed by atoms with Crippen LogP contribution in [0, 0.1) is 0 Å². The molecule has 0 aliphatic carbocycles. The fourth-order valence-corrected chi connectivity index (χ4v) is 2.56. The number of nitrogens with zero attached hydrogens (tertiary/aromatic N) is 6. The van der Waals surface area contributed by atoms with Crippen molar-refractivity contribution in [2.45, 2.75) is 11.7 Å². The van der Waals surface area contributed by atoms with E-state index in [0.717, 1.165) is 6.26 Å². The highest BCUT2D eigenvalue weighted by Gasteiger charge is 2.19. The Bertz CT molecular complexity index is 960. The Morgan fingerprint density at radius 2 is 2.13 bits per heavy atom. The largest absolute Gasteiger partial charge is 0.394 e. The van der Waals surface area contributed by atoms with Crippen molar-refractivity contribution in [1.29, 1.82) is 0 Å². The van der Waals surface area contributed by atoms with Crippen molar-refractivity contribution in [3.8, 4) is 0 Å². The standard InChI is InChI=1S/C12H15N7O3S/c1-18-6-9(13-7-18)15-10-8-5-14-19(3-4-20)11(8)17-12(16-10)23(2,21)22/h5-7,20H,3-4H2,1-2H3,(H,15,16,17). The Hall–Kier alpha value is -2.53. The molecule has 0 radical (unpaired) electrons. The molecular weight excluding hydrogens is 322 g/mol. The molecule has 2 N–H and O–H groups in total. The predicted molar refractivity (Wildman–Crippen MR) is 82.0 cm³/mol. The Morgan fingerprint density at radius 1 is 1.35 bits per heavy atom. The molecule has 10 nitrogen and oxygen atoms in total. The fraction of sp³-hybridized carbons (Fsp3) is 0.333. The van der Waals surface area contributed by atoms with E-state index in [4.69, 9.17) is 5.11 Å². The number of aliphatic hydroxyl groups excluding tert-OH is 1. The SMILES string of the molecule is Cn1cnc(Nc2nc(S(C)(=O)=O)nc3c2cnn3CCO)c1. The molecule has 122 valence electrons. The predicted octanol–water partition coefficient (Wildman–Crippen LogP) is -0.301. The van der Waals surface area contributed by atoms with Crippen LogP contribution < -0.4 is 5.32 Å². The summed E-state index contributed by atoms with van der Waals surface area (Å²) in [5.41, 5.74) is 0.327. The zero-order valence-electron chi connectivity index (χ0n) is 12.5. The summed E-state index contributed by atoms with van der Waals surface area (Å²) in [7, 11) is -1.79. The van der Waals surface area contributed by atoms with E-state index in [-0.39, 0.29) is 18.3 Å². The number of nitrogens with one attached hydrogen (secondary N) is 1. The maximum Gasteiger partial charge on any atom is 0.250 e. The molecule has 3 aromatic heterocycles. The number of hydrogen-bond acceptors (Lipinski definition) is 8. The van der Waals surface area contributed by atoms with Crippen LogP contribution in [0.5, 0.6) is 0 Å². The van der Waals surface area contributed by atoms with Gasteiger partial charge in [0.1, 0.15) is 11.6 Å². The van der Waals surface area contributed by atoms with Gasteiger partial charge in [-0.1, -0.05) is 0 Å². The number of rotatable bonds is 5. The Morgan fingerprint density at radius 3 is 2.74 bits per heavy atom. The minimum Gasteiger partial charge on any atom is -0.394 e. The number of hydrogen-bond donors (Lipinski definition) is 2. The normalized spacial score (nSPS) is 12.0. The number of aliphatic hydroxyl groups is 1. The quantitative estimate of drug-likeness (QED) is 0.607. The van der Waals surface area contributed by atoms with Crippen LogP contribution in [0.2, 0.25) is 0 Å². The van der Waals surface area contributed by atoms with E-state index >= 15 is 0 Å². The van der Waals surface area contributed by atoms with Crippen molar-refractivity contribution in [3.05, 3.63) is 18.7 Å². The third-order valence-electron chi connectivity index (χ3n) is 3.07. The molecule has 11 heteroatoms. The van der Waals surface area contributed by atoms with Gasteiger partial charge in [-0.25, -0.2) is 18.1 Å². The van der Waals surface area contributed by atoms with Crippen LogP contribution >= 0.6 is 0 Å². The van der Waals surface area contributed by atoms with Crippen LogP contribution in [-0.2, 0) is 23.4 Å². The molecule has 0 unspecified atom stereocenters. The van der Waals surface area contributed by atoms with Crippen molar-refractivity contribution in [2.75, 3.05) is 18.2 Å². The van der Waals surface area contributed by atoms with E-state index in [9.17, 15) is 8.42 Å². The summed E-state index contributed by atoms with van der Waals surface area (Å²) in [6, 6.07) is 0. The van der Waals surface area contributed by atoms with E-state index in [1.54, 1.807) is 17.1 Å². The fourth-order valence-electron chi connectivity index (χ4n) is 2.05. The zero-order chi connectivity index (χ0) is 16.6. The van der Waals surface area contributed by atoms with Crippen LogP contribution in [-0.4, -0.2) is 55.7 Å². The molecule has 0 aliphatic heterocycles. The summed E-state index contributed by atoms with van der Waals surface area (Å²) in [4.78, 5) is 12.3. The van der Waals surface area contributed by atoms with E-state index in [1.807, 2.05) is 7.05 Å². The molecule has 0 amide bonds. The number of fused-ring (bicyclic) bond motifs is 1. The molecule has 0 saturated heterocycles. The third kappa shape index (κ3) is 3.00. The molecule has 23 heavy (non-hydrogen) atoms. The van der Waals surface area contributed by atoms with Gasteiger partial charge in [-0.2, -0.15) is 15.1 Å². The van der Waals surface area contributed by atoms with E-state index < -0.39 is 9.84 Å². The molecule has 3 aromatic rings. The summed E-state index contributed by atoms with van der Waals surface area (Å²) >= 11 is 0. The number of sulfone groups is 1. The maximum absolute atomic E-state index is 11.8. The van der Waals surface area contributed by atoms with Crippen LogP contribution in [0.1, 0.15) is 0 Å². The second-order valence-electron chi connectivity index (χ2n) is 5.00. The van der Waals surface area contributed by atoms with Gasteiger partial charge in [0.25, 0.3) is 5.16 Å². The Balaban J connectivity index is 2.18. The lowest BCUT2D eigenvalue weighted by Gasteiger charge is -2.07. The first kappa shape index (κ1) is 15.4. The van der Waals surface area contributed by atoms with Gasteiger partial charge in [0.15, 0.2) is 5.65 Å². The highest BCUT2D eigenvalue weighted by atomic mass is 32.2. The summed E-state index contributed by atoms with van der Waals surface area (Å²) in [6.07, 6.45) is 5.88. The van der Waals surface area contributed by atoms with Crippen molar-refractivity contribution in [2.24, 2.45) is 7.05 Å². The Labute approximate surface area is 131 Å². The summed E-state index contributed by atoms with van der Waals surface area (Å²) in [5, 5.41) is 16.4. The molecule has 3 rings (SSSR count). The smallest absolute Gasteiger partial charge is 0.250 e. The van der Waals surface area contributed by atoms with Crippen LogP contribution in [0.15, 0.2) is 23.9 Å². The third-order valence-corrected chi connectivity index (χ3v) is 3.92. The zero-order valence-corrected chi connectivity index (χ0v) is 13.3. The van der Waals surface area contributed by atoms with Crippen LogP contribution in [0.4, 0.5) is 11.6 Å². The van der Waals surface area contributed by atoms with Gasteiger partial charge in [-0.3, -0.25) is 0 Å². The molecule has 0 atom stereocenters. The first-order valence-electron chi connectivity index (χ1n) is 6.68. The van der Waals surface area contributed by atoms with Crippen molar-refractivity contribution in [1.82, 2.24) is 29.3 Å². The molecular formula is C12H15N7O3S. The van der Waals surface area contributed by atoms with Gasteiger partial charge >= 0.3 is 0 Å². The number of imidazole rings is 1. The average Bonchev–Trinajstić information content (AvgIpc) is 3.05. The molecule has 0 aromatic carbocycles. The number of anilines is 2. The van der Waals surface area contributed by atoms with Crippen molar-refractivity contribution in [3.63, 3.8) is 0 Å². The van der Waals surface area contributed by atoms with Gasteiger partial charge in [0, 0.05) is 19.5 Å². The van der Waals surface area contributed by atoms with Gasteiger partial charge in [-0.05, 0) is 0 Å². The molecule has 0 bridgehead atoms. The van der Waals surface area contributed by atoms with E-state index in [1.165, 1.54) is 10.9 Å². The Kier molecular flexibility index (Phi) is 3.74. The lowest BCUT2D eigenvalue weighted by Crippen LogP contribution is -2.10. The molecule has 0 fully saturated rings. The van der Waals surface area contributed by atoms with Gasteiger partial charge in [0.2, 0.25) is 9.84 Å². The number of aromatic nitrogens is 6. The molecule has 0 spiro atoms. The summed E-state index contributed by atoms with van der Waals surface area (Å²) in [5.74, 6) is 0.806. The van der Waals surface area contributed by atoms with E-state index in [2.05, 4.69) is 25.4 Å². The lowest BCUT2D eigenvalue weighted by atomic mass is 10.4. The second-order valence-corrected chi connectivity index (χ2v) is 6.91. The van der Waals surface area contributed by atoms with Gasteiger partial charge in [0.05, 0.1) is 31.1 Å². The molecule has 0 aliphatic rings. The van der Waals surface area contributed by atoms with Crippen molar-refractivity contribution < 1.29 is 13.5 Å². The second kappa shape index (κ2) is 5.59.